The zero-order valence-corrected chi connectivity index (χ0v) is 11.9. The molecule has 3 fully saturated rings. The molecule has 19 heavy (non-hydrogen) atoms. The summed E-state index contributed by atoms with van der Waals surface area (Å²) < 4.78 is 11.1. The first-order valence-electron chi connectivity index (χ1n) is 7.35. The summed E-state index contributed by atoms with van der Waals surface area (Å²) in [6, 6.07) is 0.304. The molecule has 3 aliphatic rings. The van der Waals surface area contributed by atoms with Gasteiger partial charge < -0.3 is 19.7 Å². The van der Waals surface area contributed by atoms with Crippen LogP contribution in [-0.4, -0.2) is 56.0 Å². The molecule has 0 aromatic heterocycles. The minimum atomic E-state index is 0.0486. The highest BCUT2D eigenvalue weighted by Crippen LogP contribution is 2.51. The summed E-state index contributed by atoms with van der Waals surface area (Å²) in [5, 5.41) is 3.23. The monoisotopic (exact) mass is 268 g/mol. The van der Waals surface area contributed by atoms with E-state index in [9.17, 15) is 4.79 Å². The van der Waals surface area contributed by atoms with Crippen LogP contribution in [0, 0.1) is 11.3 Å². The van der Waals surface area contributed by atoms with Gasteiger partial charge in [0.25, 0.3) is 0 Å². The number of hydrogen-bond acceptors (Lipinski definition) is 3. The van der Waals surface area contributed by atoms with Crippen molar-refractivity contribution in [2.75, 3.05) is 32.9 Å². The Labute approximate surface area is 114 Å². The molecule has 2 amide bonds. The van der Waals surface area contributed by atoms with Crippen LogP contribution in [0.3, 0.4) is 0 Å². The number of hydrogen-bond donors (Lipinski definition) is 1. The minimum absolute atomic E-state index is 0.0486. The fraction of sp³-hybridized carbons (Fsp3) is 0.929. The molecule has 0 aromatic carbocycles. The quantitative estimate of drug-likeness (QED) is 0.778. The van der Waals surface area contributed by atoms with Crippen molar-refractivity contribution in [2.24, 2.45) is 11.3 Å². The van der Waals surface area contributed by atoms with Crippen molar-refractivity contribution in [1.82, 2.24) is 10.2 Å². The number of amides is 2. The molecular formula is C14H24N2O3. The van der Waals surface area contributed by atoms with Crippen LogP contribution in [0.25, 0.3) is 0 Å². The number of rotatable bonds is 1. The number of urea groups is 1. The zero-order valence-electron chi connectivity index (χ0n) is 11.9. The number of ether oxygens (including phenoxy) is 2. The average molecular weight is 268 g/mol. The molecule has 0 spiro atoms. The summed E-state index contributed by atoms with van der Waals surface area (Å²) in [7, 11) is 0. The lowest BCUT2D eigenvalue weighted by Crippen LogP contribution is -2.71. The number of nitrogens with one attached hydrogen (secondary N) is 1. The van der Waals surface area contributed by atoms with Crippen LogP contribution in [-0.2, 0) is 9.47 Å². The Hall–Kier alpha value is -0.810. The molecule has 5 nitrogen and oxygen atoms in total. The van der Waals surface area contributed by atoms with Gasteiger partial charge in [0.15, 0.2) is 0 Å². The maximum atomic E-state index is 12.3. The summed E-state index contributed by atoms with van der Waals surface area (Å²) in [5.74, 6) is 0.494. The normalized spacial score (nSPS) is 37.2. The van der Waals surface area contributed by atoms with E-state index >= 15 is 0 Å². The lowest BCUT2D eigenvalue weighted by Gasteiger charge is -2.60. The molecule has 2 heterocycles. The van der Waals surface area contributed by atoms with Gasteiger partial charge >= 0.3 is 6.03 Å². The first-order valence-corrected chi connectivity index (χ1v) is 7.35. The Bertz CT molecular complexity index is 353. The first kappa shape index (κ1) is 13.2. The third-order valence-electron chi connectivity index (χ3n) is 4.91. The lowest BCUT2D eigenvalue weighted by atomic mass is 9.55. The lowest BCUT2D eigenvalue weighted by molar-refractivity contribution is -0.189. The van der Waals surface area contributed by atoms with Crippen LogP contribution in [0.5, 0.6) is 0 Å². The molecule has 5 heteroatoms. The van der Waals surface area contributed by atoms with Gasteiger partial charge in [0.1, 0.15) is 0 Å². The van der Waals surface area contributed by atoms with Crippen molar-refractivity contribution in [3.63, 3.8) is 0 Å². The van der Waals surface area contributed by atoms with Crippen LogP contribution in [0.1, 0.15) is 26.7 Å². The SMILES string of the molecule is CC1(C)[C@H](NC(=O)N2CCOCC2)[C@H]2CCCO[C@H]21. The molecule has 1 saturated carbocycles. The summed E-state index contributed by atoms with van der Waals surface area (Å²) in [6.07, 6.45) is 2.60. The van der Waals surface area contributed by atoms with E-state index in [2.05, 4.69) is 19.2 Å². The predicted molar refractivity (Wildman–Crippen MR) is 71.0 cm³/mol. The van der Waals surface area contributed by atoms with Crippen molar-refractivity contribution in [3.05, 3.63) is 0 Å². The molecule has 0 unspecified atom stereocenters. The number of morpholine rings is 1. The Morgan fingerprint density at radius 2 is 2.00 bits per heavy atom. The molecular weight excluding hydrogens is 244 g/mol. The van der Waals surface area contributed by atoms with Crippen LogP contribution in [0.15, 0.2) is 0 Å². The van der Waals surface area contributed by atoms with Crippen LogP contribution in [0.4, 0.5) is 4.79 Å². The molecule has 0 bridgehead atoms. The molecule has 3 atom stereocenters. The van der Waals surface area contributed by atoms with Crippen molar-refractivity contribution < 1.29 is 14.3 Å². The minimum Gasteiger partial charge on any atom is -0.378 e. The van der Waals surface area contributed by atoms with Crippen LogP contribution in [0.2, 0.25) is 0 Å². The summed E-state index contributed by atoms with van der Waals surface area (Å²) >= 11 is 0. The highest BCUT2D eigenvalue weighted by atomic mass is 16.5. The molecule has 0 radical (unpaired) electrons. The second-order valence-corrected chi connectivity index (χ2v) is 6.45. The van der Waals surface area contributed by atoms with Gasteiger partial charge in [-0.25, -0.2) is 4.79 Å². The Balaban J connectivity index is 1.61. The largest absolute Gasteiger partial charge is 0.378 e. The smallest absolute Gasteiger partial charge is 0.317 e. The Morgan fingerprint density at radius 1 is 1.26 bits per heavy atom. The summed E-state index contributed by atoms with van der Waals surface area (Å²) in [4.78, 5) is 14.1. The van der Waals surface area contributed by atoms with E-state index in [0.29, 0.717) is 38.3 Å². The third-order valence-corrected chi connectivity index (χ3v) is 4.91. The molecule has 2 aliphatic heterocycles. The third kappa shape index (κ3) is 2.23. The maximum Gasteiger partial charge on any atom is 0.317 e. The Kier molecular flexibility index (Phi) is 3.43. The molecule has 1 aliphatic carbocycles. The fourth-order valence-corrected chi connectivity index (χ4v) is 3.81. The molecule has 3 rings (SSSR count). The van der Waals surface area contributed by atoms with Crippen molar-refractivity contribution in [2.45, 2.75) is 38.8 Å². The van der Waals surface area contributed by atoms with Gasteiger partial charge in [-0.05, 0) is 12.8 Å². The average Bonchev–Trinajstić information content (AvgIpc) is 2.45. The second kappa shape index (κ2) is 4.94. The van der Waals surface area contributed by atoms with Crippen LogP contribution >= 0.6 is 0 Å². The second-order valence-electron chi connectivity index (χ2n) is 6.45. The maximum absolute atomic E-state index is 12.3. The molecule has 1 N–H and O–H groups in total. The van der Waals surface area contributed by atoms with Gasteiger partial charge in [0.05, 0.1) is 19.3 Å². The number of nitrogens with zero attached hydrogens (tertiary/aromatic N) is 1. The molecule has 0 aromatic rings. The standard InChI is InChI=1S/C14H24N2O3/c1-14(2)11(10-4-3-7-19-12(10)14)15-13(17)16-5-8-18-9-6-16/h10-12H,3-9H2,1-2H3,(H,15,17)/t10-,11-,12-/m1/s1. The van der Waals surface area contributed by atoms with Gasteiger partial charge in [0.2, 0.25) is 0 Å². The van der Waals surface area contributed by atoms with E-state index in [0.717, 1.165) is 13.0 Å². The van der Waals surface area contributed by atoms with Gasteiger partial charge in [-0.3, -0.25) is 0 Å². The topological polar surface area (TPSA) is 50.8 Å². The Morgan fingerprint density at radius 3 is 2.74 bits per heavy atom. The van der Waals surface area contributed by atoms with E-state index in [4.69, 9.17) is 9.47 Å². The zero-order chi connectivity index (χ0) is 13.5. The van der Waals surface area contributed by atoms with E-state index in [-0.39, 0.29) is 17.5 Å². The van der Waals surface area contributed by atoms with Crippen molar-refractivity contribution in [3.8, 4) is 0 Å². The van der Waals surface area contributed by atoms with E-state index in [1.807, 2.05) is 4.90 Å². The van der Waals surface area contributed by atoms with Crippen molar-refractivity contribution >= 4 is 6.03 Å². The van der Waals surface area contributed by atoms with Gasteiger partial charge in [-0.15, -0.1) is 0 Å². The number of carbonyl (C=O) groups excluding carboxylic acids is 1. The van der Waals surface area contributed by atoms with Gasteiger partial charge in [-0.2, -0.15) is 0 Å². The predicted octanol–water partition coefficient (Wildman–Crippen LogP) is 1.23. The number of carbonyl (C=O) groups is 1. The van der Waals surface area contributed by atoms with Gasteiger partial charge in [0, 0.05) is 37.1 Å². The van der Waals surface area contributed by atoms with Crippen LogP contribution < -0.4 is 5.32 Å². The molecule has 108 valence electrons. The van der Waals surface area contributed by atoms with E-state index in [1.54, 1.807) is 0 Å². The first-order chi connectivity index (χ1) is 9.10. The fourth-order valence-electron chi connectivity index (χ4n) is 3.81. The highest BCUT2D eigenvalue weighted by molar-refractivity contribution is 5.75. The van der Waals surface area contributed by atoms with E-state index < -0.39 is 0 Å². The summed E-state index contributed by atoms with van der Waals surface area (Å²) in [5.41, 5.74) is 0.0486. The number of fused-ring (bicyclic) bond motifs is 1. The van der Waals surface area contributed by atoms with Crippen molar-refractivity contribution in [1.29, 1.82) is 0 Å². The van der Waals surface area contributed by atoms with E-state index in [1.165, 1.54) is 6.42 Å². The molecule has 2 saturated heterocycles. The highest BCUT2D eigenvalue weighted by Gasteiger charge is 2.58. The summed E-state index contributed by atoms with van der Waals surface area (Å²) in [6.45, 7) is 7.96. The van der Waals surface area contributed by atoms with Gasteiger partial charge in [-0.1, -0.05) is 13.8 Å².